The minimum absolute atomic E-state index is 0.133. The quantitative estimate of drug-likeness (QED) is 0.736. The van der Waals surface area contributed by atoms with E-state index < -0.39 is 0 Å². The number of rotatable bonds is 5. The van der Waals surface area contributed by atoms with Gasteiger partial charge in [0.25, 0.3) is 0 Å². The Morgan fingerprint density at radius 3 is 2.37 bits per heavy atom. The highest BCUT2D eigenvalue weighted by atomic mass is 35.5. The topological polar surface area (TPSA) is 17.1 Å². The molecule has 0 fully saturated rings. The van der Waals surface area contributed by atoms with Crippen molar-refractivity contribution in [3.8, 4) is 0 Å². The zero-order valence-electron chi connectivity index (χ0n) is 11.0. The fourth-order valence-electron chi connectivity index (χ4n) is 2.15. The van der Waals surface area contributed by atoms with Gasteiger partial charge in [-0.1, -0.05) is 54.9 Å². The summed E-state index contributed by atoms with van der Waals surface area (Å²) in [4.78, 5) is 11.3. The zero-order valence-corrected chi connectivity index (χ0v) is 11.7. The maximum atomic E-state index is 11.3. The third-order valence-corrected chi connectivity index (χ3v) is 3.56. The molecule has 1 nitrogen and oxygen atoms in total. The first-order chi connectivity index (χ1) is 9.22. The van der Waals surface area contributed by atoms with Crippen LogP contribution in [0.15, 0.2) is 48.5 Å². The molecule has 98 valence electrons. The lowest BCUT2D eigenvalue weighted by Gasteiger charge is -2.11. The molecule has 0 saturated carbocycles. The predicted molar refractivity (Wildman–Crippen MR) is 79.8 cm³/mol. The molecule has 0 spiro atoms. The number of aldehydes is 1. The summed E-state index contributed by atoms with van der Waals surface area (Å²) in [7, 11) is 0. The number of hydrogen-bond acceptors (Lipinski definition) is 1. The van der Waals surface area contributed by atoms with E-state index in [1.165, 1.54) is 11.1 Å². The Bertz CT molecular complexity index is 545. The van der Waals surface area contributed by atoms with Crippen LogP contribution in [0.3, 0.4) is 0 Å². The molecule has 0 radical (unpaired) electrons. The van der Waals surface area contributed by atoms with Crippen molar-refractivity contribution in [3.05, 3.63) is 70.2 Å². The average molecular weight is 273 g/mol. The van der Waals surface area contributed by atoms with Crippen LogP contribution < -0.4 is 0 Å². The van der Waals surface area contributed by atoms with Crippen molar-refractivity contribution in [2.75, 3.05) is 0 Å². The summed E-state index contributed by atoms with van der Waals surface area (Å²) in [5, 5.41) is 0.672. The van der Waals surface area contributed by atoms with Crippen molar-refractivity contribution in [1.29, 1.82) is 0 Å². The molecule has 19 heavy (non-hydrogen) atoms. The number of carbonyl (C=O) groups excluding carboxylic acids is 1. The molecule has 0 amide bonds. The fraction of sp³-hybridized carbons (Fsp3) is 0.235. The highest BCUT2D eigenvalue weighted by molar-refractivity contribution is 6.30. The van der Waals surface area contributed by atoms with E-state index in [0.29, 0.717) is 11.4 Å². The molecule has 0 bridgehead atoms. The second-order valence-electron chi connectivity index (χ2n) is 4.67. The predicted octanol–water partition coefficient (Wildman–Crippen LogP) is 4.43. The Hall–Kier alpha value is -1.60. The van der Waals surface area contributed by atoms with E-state index in [1.807, 2.05) is 24.3 Å². The number of hydrogen-bond donors (Lipinski definition) is 0. The normalized spacial score (nSPS) is 12.1. The van der Waals surface area contributed by atoms with Crippen molar-refractivity contribution in [2.24, 2.45) is 0 Å². The first-order valence-corrected chi connectivity index (χ1v) is 6.89. The highest BCUT2D eigenvalue weighted by Crippen LogP contribution is 2.22. The molecule has 2 aromatic carbocycles. The van der Waals surface area contributed by atoms with E-state index in [-0.39, 0.29) is 5.92 Å². The summed E-state index contributed by atoms with van der Waals surface area (Å²) in [6.45, 7) is 2.13. The van der Waals surface area contributed by atoms with Crippen molar-refractivity contribution in [3.63, 3.8) is 0 Å². The van der Waals surface area contributed by atoms with Crippen molar-refractivity contribution >= 4 is 17.9 Å². The minimum atomic E-state index is -0.133. The molecule has 0 aliphatic carbocycles. The lowest BCUT2D eigenvalue weighted by molar-refractivity contribution is -0.109. The Labute approximate surface area is 119 Å². The van der Waals surface area contributed by atoms with Gasteiger partial charge in [0.05, 0.1) is 0 Å². The lowest BCUT2D eigenvalue weighted by atomic mass is 9.93. The molecule has 0 aliphatic heterocycles. The Morgan fingerprint density at radius 1 is 1.11 bits per heavy atom. The van der Waals surface area contributed by atoms with E-state index in [2.05, 4.69) is 31.2 Å². The van der Waals surface area contributed by atoms with E-state index in [0.717, 1.165) is 18.3 Å². The Balaban J connectivity index is 2.16. The van der Waals surface area contributed by atoms with Crippen LogP contribution >= 0.6 is 11.6 Å². The maximum Gasteiger partial charge on any atom is 0.127 e. The summed E-state index contributed by atoms with van der Waals surface area (Å²) < 4.78 is 0. The van der Waals surface area contributed by atoms with Crippen LogP contribution in [0.25, 0.3) is 0 Å². The summed E-state index contributed by atoms with van der Waals surface area (Å²) in [5.74, 6) is -0.133. The average Bonchev–Trinajstić information content (AvgIpc) is 2.45. The molecular weight excluding hydrogens is 256 g/mol. The van der Waals surface area contributed by atoms with Gasteiger partial charge in [-0.3, -0.25) is 0 Å². The summed E-state index contributed by atoms with van der Waals surface area (Å²) in [6.07, 6.45) is 2.75. The maximum absolute atomic E-state index is 11.3. The first-order valence-electron chi connectivity index (χ1n) is 6.51. The lowest BCUT2D eigenvalue weighted by Crippen LogP contribution is -2.04. The first kappa shape index (κ1) is 13.8. The summed E-state index contributed by atoms with van der Waals surface area (Å²) >= 11 is 5.97. The van der Waals surface area contributed by atoms with Gasteiger partial charge in [0.1, 0.15) is 6.29 Å². The molecular formula is C17H17ClO. The van der Waals surface area contributed by atoms with Crippen LogP contribution in [-0.4, -0.2) is 6.29 Å². The van der Waals surface area contributed by atoms with Gasteiger partial charge in [0, 0.05) is 10.9 Å². The van der Waals surface area contributed by atoms with Crippen molar-refractivity contribution in [1.82, 2.24) is 0 Å². The van der Waals surface area contributed by atoms with E-state index >= 15 is 0 Å². The van der Waals surface area contributed by atoms with Crippen molar-refractivity contribution in [2.45, 2.75) is 25.7 Å². The smallest absolute Gasteiger partial charge is 0.127 e. The van der Waals surface area contributed by atoms with Gasteiger partial charge < -0.3 is 4.79 Å². The molecule has 0 aromatic heterocycles. The zero-order chi connectivity index (χ0) is 13.7. The molecule has 0 aliphatic rings. The molecule has 1 atom stereocenters. The highest BCUT2D eigenvalue weighted by Gasteiger charge is 2.11. The molecule has 2 rings (SSSR count). The van der Waals surface area contributed by atoms with Crippen LogP contribution in [0, 0.1) is 0 Å². The van der Waals surface area contributed by atoms with Gasteiger partial charge in [0.15, 0.2) is 0 Å². The van der Waals surface area contributed by atoms with Crippen LogP contribution in [-0.2, 0) is 17.6 Å². The fourth-order valence-corrected chi connectivity index (χ4v) is 2.35. The van der Waals surface area contributed by atoms with Crippen LogP contribution in [0.4, 0.5) is 0 Å². The number of carbonyl (C=O) groups is 1. The molecule has 0 N–H and O–H groups in total. The largest absolute Gasteiger partial charge is 0.303 e. The third kappa shape index (κ3) is 3.68. The molecule has 2 heteroatoms. The number of benzene rings is 2. The summed E-state index contributed by atoms with van der Waals surface area (Å²) in [5.41, 5.74) is 3.46. The Kier molecular flexibility index (Phi) is 4.75. The van der Waals surface area contributed by atoms with Gasteiger partial charge in [-0.15, -0.1) is 0 Å². The molecule has 0 saturated heterocycles. The van der Waals surface area contributed by atoms with Gasteiger partial charge in [-0.2, -0.15) is 0 Å². The van der Waals surface area contributed by atoms with Crippen LogP contribution in [0.1, 0.15) is 29.5 Å². The van der Waals surface area contributed by atoms with Gasteiger partial charge in [-0.05, 0) is 41.7 Å². The standard InChI is InChI=1S/C17H17ClO/c1-2-13-6-8-14(9-7-13)10-16(12-19)15-4-3-5-17(18)11-15/h3-9,11-12,16H,2,10H2,1H3. The van der Waals surface area contributed by atoms with E-state index in [9.17, 15) is 4.79 Å². The SMILES string of the molecule is CCc1ccc(CC(C=O)c2cccc(Cl)c2)cc1. The Morgan fingerprint density at radius 2 is 1.79 bits per heavy atom. The van der Waals surface area contributed by atoms with Gasteiger partial charge in [0.2, 0.25) is 0 Å². The number of aryl methyl sites for hydroxylation is 1. The van der Waals surface area contributed by atoms with Crippen LogP contribution in [0.5, 0.6) is 0 Å². The second kappa shape index (κ2) is 6.53. The van der Waals surface area contributed by atoms with E-state index in [4.69, 9.17) is 11.6 Å². The van der Waals surface area contributed by atoms with E-state index in [1.54, 1.807) is 0 Å². The molecule has 1 unspecified atom stereocenters. The van der Waals surface area contributed by atoms with Gasteiger partial charge in [-0.25, -0.2) is 0 Å². The van der Waals surface area contributed by atoms with Crippen LogP contribution in [0.2, 0.25) is 5.02 Å². The van der Waals surface area contributed by atoms with Crippen molar-refractivity contribution < 1.29 is 4.79 Å². The number of halogens is 1. The monoisotopic (exact) mass is 272 g/mol. The van der Waals surface area contributed by atoms with Gasteiger partial charge >= 0.3 is 0 Å². The summed E-state index contributed by atoms with van der Waals surface area (Å²) in [6, 6.07) is 16.0. The third-order valence-electron chi connectivity index (χ3n) is 3.33. The molecule has 0 heterocycles. The second-order valence-corrected chi connectivity index (χ2v) is 5.11. The molecule has 2 aromatic rings. The minimum Gasteiger partial charge on any atom is -0.303 e.